The lowest BCUT2D eigenvalue weighted by Crippen LogP contribution is -2.39. The van der Waals surface area contributed by atoms with Crippen LogP contribution in [0.4, 0.5) is 0 Å². The van der Waals surface area contributed by atoms with E-state index in [-0.39, 0.29) is 0 Å². The summed E-state index contributed by atoms with van der Waals surface area (Å²) < 4.78 is 0. The lowest BCUT2D eigenvalue weighted by molar-refractivity contribution is 0.211. The van der Waals surface area contributed by atoms with Gasteiger partial charge in [0, 0.05) is 6.54 Å². The average Bonchev–Trinajstić information content (AvgIpc) is 2.48. The second-order valence-electron chi connectivity index (χ2n) is 5.00. The molecule has 80 valence electrons. The van der Waals surface area contributed by atoms with Crippen molar-refractivity contribution in [3.63, 3.8) is 0 Å². The number of piperidine rings is 1. The minimum absolute atomic E-state index is 0.763. The minimum Gasteiger partial charge on any atom is -0.316 e. The second kappa shape index (κ2) is 3.97. The van der Waals surface area contributed by atoms with Gasteiger partial charge in [-0.05, 0) is 43.1 Å². The summed E-state index contributed by atoms with van der Waals surface area (Å²) in [6, 6.07) is 0. The standard InChI is InChI=1S/C14H19N/c1-2-7-13-11(4-1)5-3-6-12-10-15-9-8-14(12)13/h1-4,6-7,11-15H,5,8-10H2. The molecule has 1 nitrogen and oxygen atoms in total. The van der Waals surface area contributed by atoms with Gasteiger partial charge in [0.05, 0.1) is 0 Å². The fraction of sp³-hybridized carbons (Fsp3) is 0.571. The first-order valence-corrected chi connectivity index (χ1v) is 6.17. The van der Waals surface area contributed by atoms with Crippen molar-refractivity contribution in [3.8, 4) is 0 Å². The molecule has 0 bridgehead atoms. The summed E-state index contributed by atoms with van der Waals surface area (Å²) in [7, 11) is 0. The fourth-order valence-electron chi connectivity index (χ4n) is 3.37. The Bertz CT molecular complexity index is 313. The predicted octanol–water partition coefficient (Wildman–Crippen LogP) is 2.53. The number of hydrogen-bond acceptors (Lipinski definition) is 1. The van der Waals surface area contributed by atoms with Gasteiger partial charge < -0.3 is 5.32 Å². The van der Waals surface area contributed by atoms with Crippen LogP contribution in [0.1, 0.15) is 12.8 Å². The largest absolute Gasteiger partial charge is 0.316 e. The Hall–Kier alpha value is -0.820. The summed E-state index contributed by atoms with van der Waals surface area (Å²) in [5.74, 6) is 3.19. The Labute approximate surface area is 91.9 Å². The van der Waals surface area contributed by atoms with E-state index in [1.807, 2.05) is 0 Å². The molecule has 0 spiro atoms. The summed E-state index contributed by atoms with van der Waals surface area (Å²) in [6.07, 6.45) is 16.7. The summed E-state index contributed by atoms with van der Waals surface area (Å²) >= 11 is 0. The third-order valence-corrected chi connectivity index (χ3v) is 4.17. The smallest absolute Gasteiger partial charge is 0.00171 e. The maximum absolute atomic E-state index is 3.51. The summed E-state index contributed by atoms with van der Waals surface area (Å²) in [5, 5.41) is 3.51. The maximum atomic E-state index is 3.51. The van der Waals surface area contributed by atoms with Gasteiger partial charge in [-0.15, -0.1) is 0 Å². The molecule has 2 aliphatic carbocycles. The van der Waals surface area contributed by atoms with Crippen LogP contribution in [0.2, 0.25) is 0 Å². The van der Waals surface area contributed by atoms with Gasteiger partial charge in [-0.3, -0.25) is 0 Å². The number of hydrogen-bond donors (Lipinski definition) is 1. The first-order valence-electron chi connectivity index (χ1n) is 6.17. The highest BCUT2D eigenvalue weighted by Crippen LogP contribution is 2.39. The van der Waals surface area contributed by atoms with E-state index < -0.39 is 0 Å². The van der Waals surface area contributed by atoms with Gasteiger partial charge in [0.2, 0.25) is 0 Å². The van der Waals surface area contributed by atoms with Crippen LogP contribution in [0, 0.1) is 23.7 Å². The molecule has 0 saturated carbocycles. The molecule has 1 fully saturated rings. The van der Waals surface area contributed by atoms with E-state index in [9.17, 15) is 0 Å². The van der Waals surface area contributed by atoms with Crippen LogP contribution in [0.3, 0.4) is 0 Å². The van der Waals surface area contributed by atoms with Crippen molar-refractivity contribution in [3.05, 3.63) is 36.5 Å². The van der Waals surface area contributed by atoms with Crippen LogP contribution < -0.4 is 5.32 Å². The van der Waals surface area contributed by atoms with Crippen molar-refractivity contribution >= 4 is 0 Å². The predicted molar refractivity (Wildman–Crippen MR) is 63.5 cm³/mol. The molecule has 0 amide bonds. The molecule has 0 aromatic carbocycles. The lowest BCUT2D eigenvalue weighted by Gasteiger charge is -2.37. The van der Waals surface area contributed by atoms with E-state index >= 15 is 0 Å². The van der Waals surface area contributed by atoms with Crippen molar-refractivity contribution in [2.45, 2.75) is 12.8 Å². The minimum atomic E-state index is 0.763. The van der Waals surface area contributed by atoms with Gasteiger partial charge >= 0.3 is 0 Å². The van der Waals surface area contributed by atoms with Gasteiger partial charge in [-0.1, -0.05) is 36.5 Å². The van der Waals surface area contributed by atoms with Gasteiger partial charge in [-0.25, -0.2) is 0 Å². The Kier molecular flexibility index (Phi) is 2.49. The van der Waals surface area contributed by atoms with E-state index in [0.29, 0.717) is 0 Å². The van der Waals surface area contributed by atoms with E-state index in [4.69, 9.17) is 0 Å². The monoisotopic (exact) mass is 201 g/mol. The average molecular weight is 201 g/mol. The molecule has 15 heavy (non-hydrogen) atoms. The Balaban J connectivity index is 1.88. The van der Waals surface area contributed by atoms with Crippen molar-refractivity contribution in [1.29, 1.82) is 0 Å². The number of allylic oxidation sites excluding steroid dienone is 5. The van der Waals surface area contributed by atoms with E-state index in [1.165, 1.54) is 25.9 Å². The Morgan fingerprint density at radius 3 is 2.93 bits per heavy atom. The Morgan fingerprint density at radius 2 is 1.93 bits per heavy atom. The van der Waals surface area contributed by atoms with Gasteiger partial charge in [-0.2, -0.15) is 0 Å². The first kappa shape index (κ1) is 9.41. The third-order valence-electron chi connectivity index (χ3n) is 4.17. The van der Waals surface area contributed by atoms with Crippen LogP contribution in [0.15, 0.2) is 36.5 Å². The highest BCUT2D eigenvalue weighted by molar-refractivity contribution is 5.19. The fourth-order valence-corrected chi connectivity index (χ4v) is 3.37. The molecule has 0 radical (unpaired) electrons. The summed E-state index contributed by atoms with van der Waals surface area (Å²) in [4.78, 5) is 0. The van der Waals surface area contributed by atoms with Gasteiger partial charge in [0.25, 0.3) is 0 Å². The molecule has 1 N–H and O–H groups in total. The maximum Gasteiger partial charge on any atom is 0.00171 e. The Morgan fingerprint density at radius 1 is 1.00 bits per heavy atom. The molecular formula is C14H19N. The second-order valence-corrected chi connectivity index (χ2v) is 5.00. The zero-order chi connectivity index (χ0) is 10.1. The molecule has 0 aromatic heterocycles. The van der Waals surface area contributed by atoms with E-state index in [2.05, 4.69) is 41.8 Å². The van der Waals surface area contributed by atoms with Gasteiger partial charge in [0.15, 0.2) is 0 Å². The van der Waals surface area contributed by atoms with Crippen LogP contribution in [0.25, 0.3) is 0 Å². The number of rotatable bonds is 0. The van der Waals surface area contributed by atoms with E-state index in [1.54, 1.807) is 0 Å². The van der Waals surface area contributed by atoms with Gasteiger partial charge in [0.1, 0.15) is 0 Å². The molecule has 4 atom stereocenters. The highest BCUT2D eigenvalue weighted by atomic mass is 14.9. The lowest BCUT2D eigenvalue weighted by atomic mass is 9.71. The molecule has 3 aliphatic rings. The highest BCUT2D eigenvalue weighted by Gasteiger charge is 2.34. The van der Waals surface area contributed by atoms with E-state index in [0.717, 1.165) is 23.7 Å². The summed E-state index contributed by atoms with van der Waals surface area (Å²) in [6.45, 7) is 2.39. The molecule has 0 aromatic rings. The molecule has 1 saturated heterocycles. The zero-order valence-electron chi connectivity index (χ0n) is 9.10. The third kappa shape index (κ3) is 1.69. The van der Waals surface area contributed by atoms with Crippen LogP contribution in [0.5, 0.6) is 0 Å². The molecule has 1 aliphatic heterocycles. The van der Waals surface area contributed by atoms with Crippen molar-refractivity contribution in [2.75, 3.05) is 13.1 Å². The van der Waals surface area contributed by atoms with Crippen molar-refractivity contribution in [1.82, 2.24) is 5.32 Å². The SMILES string of the molecule is C1=CC2CC=CC3CNCCC3C2C=C1. The molecule has 4 unspecified atom stereocenters. The topological polar surface area (TPSA) is 12.0 Å². The number of nitrogens with one attached hydrogen (secondary N) is 1. The quantitative estimate of drug-likeness (QED) is 0.594. The van der Waals surface area contributed by atoms with Crippen molar-refractivity contribution < 1.29 is 0 Å². The molecular weight excluding hydrogens is 182 g/mol. The van der Waals surface area contributed by atoms with Crippen LogP contribution >= 0.6 is 0 Å². The van der Waals surface area contributed by atoms with Crippen LogP contribution in [-0.2, 0) is 0 Å². The molecule has 3 rings (SSSR count). The summed E-state index contributed by atoms with van der Waals surface area (Å²) in [5.41, 5.74) is 0. The zero-order valence-corrected chi connectivity index (χ0v) is 9.10. The van der Waals surface area contributed by atoms with Crippen LogP contribution in [-0.4, -0.2) is 13.1 Å². The molecule has 1 heterocycles. The molecule has 1 heteroatoms. The first-order chi connectivity index (χ1) is 7.45. The number of fused-ring (bicyclic) bond motifs is 3. The van der Waals surface area contributed by atoms with Crippen molar-refractivity contribution in [2.24, 2.45) is 23.7 Å². The normalized spacial score (nSPS) is 43.2.